The molecule has 3 nitrogen and oxygen atoms in total. The first-order valence-electron chi connectivity index (χ1n) is 6.70. The molecule has 0 aliphatic heterocycles. The highest BCUT2D eigenvalue weighted by atomic mass is 16.5. The quantitative estimate of drug-likeness (QED) is 0.735. The Labute approximate surface area is 115 Å². The monoisotopic (exact) mass is 264 g/mol. The van der Waals surface area contributed by atoms with Gasteiger partial charge in [0.1, 0.15) is 11.4 Å². The lowest BCUT2D eigenvalue weighted by atomic mass is 9.85. The Balaban J connectivity index is 3.30. The van der Waals surface area contributed by atoms with Crippen molar-refractivity contribution in [2.75, 3.05) is 14.2 Å². The topological polar surface area (TPSA) is 35.5 Å². The van der Waals surface area contributed by atoms with Gasteiger partial charge in [0.05, 0.1) is 7.11 Å². The molecule has 0 bridgehead atoms. The third-order valence-electron chi connectivity index (χ3n) is 3.93. The number of carbonyl (C=O) groups is 1. The van der Waals surface area contributed by atoms with Gasteiger partial charge >= 0.3 is 0 Å². The summed E-state index contributed by atoms with van der Waals surface area (Å²) in [7, 11) is 3.25. The third kappa shape index (κ3) is 2.81. The maximum absolute atomic E-state index is 12.8. The number of methoxy groups -OCH3 is 2. The van der Waals surface area contributed by atoms with Crippen molar-refractivity contribution in [1.29, 1.82) is 0 Å². The van der Waals surface area contributed by atoms with Gasteiger partial charge in [0.25, 0.3) is 0 Å². The third-order valence-corrected chi connectivity index (χ3v) is 3.93. The van der Waals surface area contributed by atoms with Crippen molar-refractivity contribution in [2.45, 2.75) is 46.1 Å². The normalized spacial score (nSPS) is 11.5. The van der Waals surface area contributed by atoms with Crippen LogP contribution in [0.25, 0.3) is 0 Å². The summed E-state index contributed by atoms with van der Waals surface area (Å²) in [6.45, 7) is 7.84. The minimum absolute atomic E-state index is 0.0586. The van der Waals surface area contributed by atoms with Crippen LogP contribution in [-0.2, 0) is 4.74 Å². The van der Waals surface area contributed by atoms with Gasteiger partial charge < -0.3 is 9.47 Å². The summed E-state index contributed by atoms with van der Waals surface area (Å²) in [4.78, 5) is 12.8. The Bertz CT molecular complexity index is 451. The van der Waals surface area contributed by atoms with E-state index in [-0.39, 0.29) is 5.78 Å². The number of hydrogen-bond acceptors (Lipinski definition) is 3. The first-order valence-corrected chi connectivity index (χ1v) is 6.70. The molecule has 0 aliphatic rings. The SMILES string of the molecule is CCC(CC)(OC)C(=O)c1cc(C)c(OC)cc1C. The van der Waals surface area contributed by atoms with E-state index in [1.165, 1.54) is 0 Å². The smallest absolute Gasteiger partial charge is 0.194 e. The second kappa shape index (κ2) is 6.20. The van der Waals surface area contributed by atoms with E-state index in [1.807, 2.05) is 39.8 Å². The van der Waals surface area contributed by atoms with E-state index >= 15 is 0 Å². The number of carbonyl (C=O) groups excluding carboxylic acids is 1. The Kier molecular flexibility index (Phi) is 5.12. The van der Waals surface area contributed by atoms with E-state index in [9.17, 15) is 4.79 Å². The van der Waals surface area contributed by atoms with Crippen molar-refractivity contribution in [3.63, 3.8) is 0 Å². The van der Waals surface area contributed by atoms with Crippen LogP contribution >= 0.6 is 0 Å². The molecule has 3 heteroatoms. The fourth-order valence-corrected chi connectivity index (χ4v) is 2.45. The van der Waals surface area contributed by atoms with E-state index in [2.05, 4.69) is 0 Å². The maximum Gasteiger partial charge on any atom is 0.194 e. The largest absolute Gasteiger partial charge is 0.496 e. The molecule has 0 saturated carbocycles. The first-order chi connectivity index (χ1) is 8.95. The van der Waals surface area contributed by atoms with Crippen LogP contribution < -0.4 is 4.74 Å². The van der Waals surface area contributed by atoms with Crippen molar-refractivity contribution in [1.82, 2.24) is 0 Å². The zero-order chi connectivity index (χ0) is 14.6. The van der Waals surface area contributed by atoms with Crippen LogP contribution in [0.2, 0.25) is 0 Å². The Hall–Kier alpha value is -1.35. The zero-order valence-corrected chi connectivity index (χ0v) is 12.8. The molecule has 0 spiro atoms. The van der Waals surface area contributed by atoms with Crippen LogP contribution in [-0.4, -0.2) is 25.6 Å². The van der Waals surface area contributed by atoms with Gasteiger partial charge in [-0.15, -0.1) is 0 Å². The summed E-state index contributed by atoms with van der Waals surface area (Å²) >= 11 is 0. The molecule has 0 fully saturated rings. The molecule has 1 aromatic rings. The van der Waals surface area contributed by atoms with E-state index in [0.29, 0.717) is 12.8 Å². The lowest BCUT2D eigenvalue weighted by molar-refractivity contribution is -0.00267. The molecule has 0 aromatic heterocycles. The minimum Gasteiger partial charge on any atom is -0.496 e. The zero-order valence-electron chi connectivity index (χ0n) is 12.8. The Morgan fingerprint density at radius 3 is 2.11 bits per heavy atom. The lowest BCUT2D eigenvalue weighted by Crippen LogP contribution is -2.40. The number of Topliss-reactive ketones (excluding diaryl/α,β-unsaturated/α-hetero) is 1. The summed E-state index contributed by atoms with van der Waals surface area (Å²) in [6, 6.07) is 3.81. The molecule has 106 valence electrons. The molecule has 1 aromatic carbocycles. The van der Waals surface area contributed by atoms with Gasteiger partial charge in [-0.25, -0.2) is 0 Å². The van der Waals surface area contributed by atoms with Crippen LogP contribution in [0.15, 0.2) is 12.1 Å². The van der Waals surface area contributed by atoms with Gasteiger partial charge in [0.2, 0.25) is 0 Å². The lowest BCUT2D eigenvalue weighted by Gasteiger charge is -2.29. The fourth-order valence-electron chi connectivity index (χ4n) is 2.45. The molecule has 0 unspecified atom stereocenters. The van der Waals surface area contributed by atoms with Crippen LogP contribution in [0.1, 0.15) is 48.2 Å². The van der Waals surface area contributed by atoms with Gasteiger partial charge in [0, 0.05) is 12.7 Å². The van der Waals surface area contributed by atoms with E-state index < -0.39 is 5.60 Å². The maximum atomic E-state index is 12.8. The second-order valence-corrected chi connectivity index (χ2v) is 4.87. The van der Waals surface area contributed by atoms with Crippen molar-refractivity contribution in [3.8, 4) is 5.75 Å². The molecule has 0 saturated heterocycles. The molecular weight excluding hydrogens is 240 g/mol. The highest BCUT2D eigenvalue weighted by Gasteiger charge is 2.36. The van der Waals surface area contributed by atoms with Crippen LogP contribution in [0.5, 0.6) is 5.75 Å². The summed E-state index contributed by atoms with van der Waals surface area (Å²) in [5.41, 5.74) is 1.90. The van der Waals surface area contributed by atoms with Gasteiger partial charge in [-0.3, -0.25) is 4.79 Å². The van der Waals surface area contributed by atoms with Crippen molar-refractivity contribution in [2.24, 2.45) is 0 Å². The Morgan fingerprint density at radius 1 is 1.11 bits per heavy atom. The standard InChI is InChI=1S/C16H24O3/c1-7-16(8-2,19-6)15(17)13-9-12(4)14(18-5)10-11(13)3/h9-10H,7-8H2,1-6H3. The molecule has 0 atom stereocenters. The van der Waals surface area contributed by atoms with Crippen molar-refractivity contribution in [3.05, 3.63) is 28.8 Å². The second-order valence-electron chi connectivity index (χ2n) is 4.87. The number of ketones is 1. The molecule has 0 radical (unpaired) electrons. The van der Waals surface area contributed by atoms with E-state index in [1.54, 1.807) is 14.2 Å². The van der Waals surface area contributed by atoms with Crippen LogP contribution in [0.3, 0.4) is 0 Å². The van der Waals surface area contributed by atoms with Crippen LogP contribution in [0, 0.1) is 13.8 Å². The number of benzene rings is 1. The number of ether oxygens (including phenoxy) is 2. The first kappa shape index (κ1) is 15.7. The summed E-state index contributed by atoms with van der Waals surface area (Å²) in [5, 5.41) is 0. The van der Waals surface area contributed by atoms with Gasteiger partial charge in [-0.05, 0) is 49.9 Å². The highest BCUT2D eigenvalue weighted by Crippen LogP contribution is 2.29. The predicted octanol–water partition coefficient (Wildman–Crippen LogP) is 3.70. The minimum atomic E-state index is -0.716. The predicted molar refractivity (Wildman–Crippen MR) is 77.1 cm³/mol. The summed E-state index contributed by atoms with van der Waals surface area (Å²) in [6.07, 6.45) is 1.34. The molecular formula is C16H24O3. The number of aryl methyl sites for hydroxylation is 2. The van der Waals surface area contributed by atoms with E-state index in [4.69, 9.17) is 9.47 Å². The van der Waals surface area contributed by atoms with Gasteiger partial charge in [0.15, 0.2) is 5.78 Å². The average Bonchev–Trinajstić information content (AvgIpc) is 2.43. The molecule has 1 rings (SSSR count). The molecule has 19 heavy (non-hydrogen) atoms. The van der Waals surface area contributed by atoms with Gasteiger partial charge in [-0.2, -0.15) is 0 Å². The Morgan fingerprint density at radius 2 is 1.68 bits per heavy atom. The molecule has 0 heterocycles. The summed E-state index contributed by atoms with van der Waals surface area (Å²) in [5.74, 6) is 0.869. The number of hydrogen-bond donors (Lipinski definition) is 0. The molecule has 0 amide bonds. The summed E-state index contributed by atoms with van der Waals surface area (Å²) < 4.78 is 10.8. The van der Waals surface area contributed by atoms with Crippen LogP contribution in [0.4, 0.5) is 0 Å². The fraction of sp³-hybridized carbons (Fsp3) is 0.562. The van der Waals surface area contributed by atoms with E-state index in [0.717, 1.165) is 22.4 Å². The molecule has 0 aliphatic carbocycles. The van der Waals surface area contributed by atoms with Crippen molar-refractivity contribution >= 4 is 5.78 Å². The van der Waals surface area contributed by atoms with Crippen molar-refractivity contribution < 1.29 is 14.3 Å². The molecule has 0 N–H and O–H groups in total. The highest BCUT2D eigenvalue weighted by molar-refractivity contribution is 6.03. The number of rotatable bonds is 6. The average molecular weight is 264 g/mol. The van der Waals surface area contributed by atoms with Gasteiger partial charge in [-0.1, -0.05) is 13.8 Å².